The highest BCUT2D eigenvalue weighted by Crippen LogP contribution is 2.42. The number of aryl methyl sites for hydroxylation is 1. The summed E-state index contributed by atoms with van der Waals surface area (Å²) in [6.45, 7) is 8.53. The summed E-state index contributed by atoms with van der Waals surface area (Å²) >= 11 is 5.83. The Balaban J connectivity index is 1.74. The second-order valence-electron chi connectivity index (χ2n) is 9.50. The Morgan fingerprint density at radius 3 is 2.65 bits per heavy atom. The highest BCUT2D eigenvalue weighted by molar-refractivity contribution is 7.80. The number of carbonyl (C=O) groups excluding carboxylic acids is 1. The smallest absolute Gasteiger partial charge is 0.250 e. The molecule has 2 aromatic heterocycles. The lowest BCUT2D eigenvalue weighted by molar-refractivity contribution is -0.119. The Hall–Kier alpha value is -3.23. The van der Waals surface area contributed by atoms with E-state index >= 15 is 0 Å². The molecule has 8 heteroatoms. The van der Waals surface area contributed by atoms with Crippen LogP contribution in [0.5, 0.6) is 0 Å². The van der Waals surface area contributed by atoms with Crippen molar-refractivity contribution in [2.45, 2.75) is 45.3 Å². The first-order chi connectivity index (χ1) is 16.2. The lowest BCUT2D eigenvalue weighted by Crippen LogP contribution is -2.29. The molecule has 1 aromatic carbocycles. The molecule has 0 spiro atoms. The molecule has 1 fully saturated rings. The SMILES string of the molecule is COCC(=O)Nc1ccc(N2C(=S)NC(c3ccccn3)C2c2ccn(C(C)(C)C)c2)cc1C. The van der Waals surface area contributed by atoms with Crippen molar-refractivity contribution >= 4 is 34.6 Å². The number of thiocarbonyl (C=S) groups is 1. The number of nitrogens with one attached hydrogen (secondary N) is 2. The van der Waals surface area contributed by atoms with Crippen molar-refractivity contribution in [3.63, 3.8) is 0 Å². The fourth-order valence-corrected chi connectivity index (χ4v) is 4.58. The number of pyridine rings is 1. The van der Waals surface area contributed by atoms with Gasteiger partial charge in [0.05, 0.1) is 17.8 Å². The van der Waals surface area contributed by atoms with Crippen molar-refractivity contribution in [1.82, 2.24) is 14.9 Å². The zero-order chi connectivity index (χ0) is 24.5. The zero-order valence-corrected chi connectivity index (χ0v) is 21.0. The highest BCUT2D eigenvalue weighted by atomic mass is 32.1. The van der Waals surface area contributed by atoms with Gasteiger partial charge in [-0.2, -0.15) is 0 Å². The van der Waals surface area contributed by atoms with Gasteiger partial charge < -0.3 is 24.8 Å². The lowest BCUT2D eigenvalue weighted by Gasteiger charge is -2.28. The minimum atomic E-state index is -0.187. The first-order valence-corrected chi connectivity index (χ1v) is 11.7. The van der Waals surface area contributed by atoms with Gasteiger partial charge in [-0.15, -0.1) is 0 Å². The van der Waals surface area contributed by atoms with Gasteiger partial charge >= 0.3 is 0 Å². The van der Waals surface area contributed by atoms with E-state index in [2.05, 4.69) is 64.3 Å². The van der Waals surface area contributed by atoms with Crippen LogP contribution in [-0.4, -0.2) is 34.3 Å². The van der Waals surface area contributed by atoms with Crippen LogP contribution >= 0.6 is 12.2 Å². The lowest BCUT2D eigenvalue weighted by atomic mass is 9.98. The summed E-state index contributed by atoms with van der Waals surface area (Å²) in [4.78, 5) is 18.8. The maximum absolute atomic E-state index is 12.0. The van der Waals surface area contributed by atoms with E-state index in [1.165, 1.54) is 7.11 Å². The second kappa shape index (κ2) is 9.56. The molecule has 7 nitrogen and oxygen atoms in total. The normalized spacial score (nSPS) is 18.1. The molecule has 1 aliphatic heterocycles. The van der Waals surface area contributed by atoms with E-state index in [-0.39, 0.29) is 30.1 Å². The van der Waals surface area contributed by atoms with Crippen LogP contribution in [0, 0.1) is 6.92 Å². The number of aromatic nitrogens is 2. The van der Waals surface area contributed by atoms with Crippen molar-refractivity contribution < 1.29 is 9.53 Å². The standard InChI is InChI=1S/C26H31N5O2S/c1-17-14-19(9-10-20(17)28-22(32)16-33-5)31-24(18-11-13-30(15-18)26(2,3)4)23(29-25(31)34)21-8-6-7-12-27-21/h6-15,23-24H,16H2,1-5H3,(H,28,32)(H,29,34). The predicted molar refractivity (Wildman–Crippen MR) is 139 cm³/mol. The number of amides is 1. The molecule has 3 heterocycles. The van der Waals surface area contributed by atoms with Crippen LogP contribution in [0.15, 0.2) is 61.1 Å². The number of anilines is 2. The topological polar surface area (TPSA) is 71.4 Å². The van der Waals surface area contributed by atoms with Crippen molar-refractivity contribution in [2.24, 2.45) is 0 Å². The predicted octanol–water partition coefficient (Wildman–Crippen LogP) is 4.71. The summed E-state index contributed by atoms with van der Waals surface area (Å²) in [6.07, 6.45) is 6.11. The Labute approximate surface area is 206 Å². The third-order valence-corrected chi connectivity index (χ3v) is 6.28. The Kier molecular flexibility index (Phi) is 6.72. The van der Waals surface area contributed by atoms with Crippen molar-refractivity contribution in [1.29, 1.82) is 0 Å². The molecule has 0 saturated carbocycles. The molecule has 178 valence electrons. The number of nitrogens with zero attached hydrogens (tertiary/aromatic N) is 3. The van der Waals surface area contributed by atoms with E-state index in [4.69, 9.17) is 17.0 Å². The molecule has 0 aliphatic carbocycles. The average Bonchev–Trinajstić information content (AvgIpc) is 3.41. The van der Waals surface area contributed by atoms with Gasteiger partial charge in [0.1, 0.15) is 6.61 Å². The summed E-state index contributed by atoms with van der Waals surface area (Å²) < 4.78 is 7.14. The van der Waals surface area contributed by atoms with Crippen LogP contribution in [0.25, 0.3) is 0 Å². The Morgan fingerprint density at radius 2 is 2.03 bits per heavy atom. The fourth-order valence-electron chi connectivity index (χ4n) is 4.23. The van der Waals surface area contributed by atoms with Gasteiger partial charge in [-0.1, -0.05) is 6.07 Å². The molecule has 3 aromatic rings. The zero-order valence-electron chi connectivity index (χ0n) is 20.2. The number of hydrogen-bond donors (Lipinski definition) is 2. The third kappa shape index (κ3) is 4.83. The first-order valence-electron chi connectivity index (χ1n) is 11.3. The fraction of sp³-hybridized carbons (Fsp3) is 0.346. The molecule has 1 aliphatic rings. The Bertz CT molecular complexity index is 1190. The van der Waals surface area contributed by atoms with Gasteiger partial charge in [-0.25, -0.2) is 0 Å². The molecule has 1 saturated heterocycles. The summed E-state index contributed by atoms with van der Waals surface area (Å²) in [5, 5.41) is 7.03. The van der Waals surface area contributed by atoms with Crippen LogP contribution in [0.1, 0.15) is 49.7 Å². The Morgan fingerprint density at radius 1 is 1.24 bits per heavy atom. The maximum Gasteiger partial charge on any atom is 0.250 e. The van der Waals surface area contributed by atoms with E-state index < -0.39 is 0 Å². The minimum Gasteiger partial charge on any atom is -0.375 e. The summed E-state index contributed by atoms with van der Waals surface area (Å²) in [5.74, 6) is -0.187. The third-order valence-electron chi connectivity index (χ3n) is 5.97. The van der Waals surface area contributed by atoms with Crippen molar-refractivity contribution in [3.05, 3.63) is 77.9 Å². The van der Waals surface area contributed by atoms with Crippen LogP contribution < -0.4 is 15.5 Å². The monoisotopic (exact) mass is 477 g/mol. The minimum absolute atomic E-state index is 0.0138. The molecule has 0 bridgehead atoms. The van der Waals surface area contributed by atoms with Gasteiger partial charge in [0, 0.05) is 42.6 Å². The molecule has 2 atom stereocenters. The van der Waals surface area contributed by atoms with Crippen LogP contribution in [-0.2, 0) is 15.1 Å². The summed E-state index contributed by atoms with van der Waals surface area (Å²) in [5.41, 5.74) is 4.69. The van der Waals surface area contributed by atoms with E-state index in [0.29, 0.717) is 5.11 Å². The molecule has 2 unspecified atom stereocenters. The number of ether oxygens (including phenoxy) is 1. The van der Waals surface area contributed by atoms with Gasteiger partial charge in [0.15, 0.2) is 5.11 Å². The van der Waals surface area contributed by atoms with Gasteiger partial charge in [0.2, 0.25) is 5.91 Å². The highest BCUT2D eigenvalue weighted by Gasteiger charge is 2.41. The van der Waals surface area contributed by atoms with Gasteiger partial charge in [0.25, 0.3) is 0 Å². The molecule has 0 radical (unpaired) electrons. The van der Waals surface area contributed by atoms with E-state index in [1.54, 1.807) is 0 Å². The molecule has 4 rings (SSSR count). The molecular formula is C26H31N5O2S. The number of carbonyl (C=O) groups is 1. The molecule has 34 heavy (non-hydrogen) atoms. The molecule has 1 amide bonds. The van der Waals surface area contributed by atoms with Crippen LogP contribution in [0.4, 0.5) is 11.4 Å². The van der Waals surface area contributed by atoms with E-state index in [1.807, 2.05) is 49.5 Å². The van der Waals surface area contributed by atoms with Gasteiger partial charge in [-0.3, -0.25) is 9.78 Å². The first kappa shape index (κ1) is 23.9. The molecular weight excluding hydrogens is 446 g/mol. The maximum atomic E-state index is 12.0. The van der Waals surface area contributed by atoms with Crippen molar-refractivity contribution in [3.8, 4) is 0 Å². The van der Waals surface area contributed by atoms with Crippen LogP contribution in [0.2, 0.25) is 0 Å². The van der Waals surface area contributed by atoms with Gasteiger partial charge in [-0.05, 0) is 87.4 Å². The second-order valence-corrected chi connectivity index (χ2v) is 9.89. The van der Waals surface area contributed by atoms with E-state index in [9.17, 15) is 4.79 Å². The quantitative estimate of drug-likeness (QED) is 0.501. The van der Waals surface area contributed by atoms with Crippen LogP contribution in [0.3, 0.4) is 0 Å². The largest absolute Gasteiger partial charge is 0.375 e. The number of hydrogen-bond acceptors (Lipinski definition) is 4. The van der Waals surface area contributed by atoms with Crippen molar-refractivity contribution in [2.75, 3.05) is 23.9 Å². The average molecular weight is 478 g/mol. The molecule has 2 N–H and O–H groups in total. The van der Waals surface area contributed by atoms with E-state index in [0.717, 1.165) is 28.2 Å². The number of benzene rings is 1. The number of rotatable bonds is 6. The number of methoxy groups -OCH3 is 1. The summed E-state index contributed by atoms with van der Waals surface area (Å²) in [7, 11) is 1.50. The summed E-state index contributed by atoms with van der Waals surface area (Å²) in [6, 6.07) is 13.8.